The molecule has 1 aromatic rings. The molecule has 2 nitrogen and oxygen atoms in total. The molecule has 0 spiro atoms. The molecule has 0 saturated heterocycles. The highest BCUT2D eigenvalue weighted by molar-refractivity contribution is 6.24. The zero-order valence-electron chi connectivity index (χ0n) is 6.37. The fraction of sp³-hybridized carbons (Fsp3) is 0.250. The van der Waals surface area contributed by atoms with Gasteiger partial charge in [0.2, 0.25) is 9.76 Å². The SMILES string of the molecule is COc1ccccc1C[Si]O. The van der Waals surface area contributed by atoms with Gasteiger partial charge in [0.05, 0.1) is 7.11 Å². The van der Waals surface area contributed by atoms with Gasteiger partial charge in [-0.3, -0.25) is 0 Å². The maximum atomic E-state index is 8.71. The average molecular weight is 166 g/mol. The van der Waals surface area contributed by atoms with E-state index in [-0.39, 0.29) is 9.76 Å². The lowest BCUT2D eigenvalue weighted by Crippen LogP contribution is -1.97. The summed E-state index contributed by atoms with van der Waals surface area (Å²) in [5.41, 5.74) is 1.07. The van der Waals surface area contributed by atoms with E-state index in [2.05, 4.69) is 0 Å². The first-order valence-electron chi connectivity index (χ1n) is 3.37. The van der Waals surface area contributed by atoms with E-state index in [0.29, 0.717) is 6.04 Å². The molecule has 0 aromatic heterocycles. The van der Waals surface area contributed by atoms with Crippen LogP contribution in [-0.4, -0.2) is 21.7 Å². The molecule has 1 aromatic carbocycles. The third kappa shape index (κ3) is 2.06. The van der Waals surface area contributed by atoms with Gasteiger partial charge in [0.25, 0.3) is 0 Å². The van der Waals surface area contributed by atoms with Crippen LogP contribution in [0.15, 0.2) is 24.3 Å². The van der Waals surface area contributed by atoms with Gasteiger partial charge >= 0.3 is 0 Å². The van der Waals surface area contributed by atoms with Crippen molar-refractivity contribution in [3.05, 3.63) is 29.8 Å². The van der Waals surface area contributed by atoms with Gasteiger partial charge in [0, 0.05) is 0 Å². The normalized spacial score (nSPS) is 9.64. The molecule has 3 heteroatoms. The lowest BCUT2D eigenvalue weighted by Gasteiger charge is -2.04. The van der Waals surface area contributed by atoms with Gasteiger partial charge in [-0.25, -0.2) is 0 Å². The van der Waals surface area contributed by atoms with E-state index in [1.54, 1.807) is 7.11 Å². The summed E-state index contributed by atoms with van der Waals surface area (Å²) < 4.78 is 5.09. The molecular weight excluding hydrogens is 156 g/mol. The van der Waals surface area contributed by atoms with Crippen LogP contribution in [-0.2, 0) is 6.04 Å². The number of methoxy groups -OCH3 is 1. The Kier molecular flexibility index (Phi) is 3.13. The van der Waals surface area contributed by atoms with Crippen molar-refractivity contribution in [2.24, 2.45) is 0 Å². The molecule has 0 aliphatic carbocycles. The van der Waals surface area contributed by atoms with Crippen molar-refractivity contribution in [2.45, 2.75) is 6.04 Å². The molecule has 11 heavy (non-hydrogen) atoms. The number of benzene rings is 1. The monoisotopic (exact) mass is 166 g/mol. The van der Waals surface area contributed by atoms with Gasteiger partial charge in [-0.2, -0.15) is 0 Å². The summed E-state index contributed by atoms with van der Waals surface area (Å²) in [5, 5.41) is 0. The van der Waals surface area contributed by atoms with Crippen molar-refractivity contribution in [1.82, 2.24) is 0 Å². The lowest BCUT2D eigenvalue weighted by atomic mass is 10.2. The third-order valence-electron chi connectivity index (χ3n) is 1.46. The highest BCUT2D eigenvalue weighted by atomic mass is 28.2. The van der Waals surface area contributed by atoms with E-state index in [0.717, 1.165) is 11.3 Å². The van der Waals surface area contributed by atoms with E-state index >= 15 is 0 Å². The molecule has 0 fully saturated rings. The molecule has 0 aliphatic rings. The topological polar surface area (TPSA) is 29.5 Å². The summed E-state index contributed by atoms with van der Waals surface area (Å²) in [6, 6.07) is 8.41. The van der Waals surface area contributed by atoms with Gasteiger partial charge in [-0.05, 0) is 17.7 Å². The smallest absolute Gasteiger partial charge is 0.229 e. The Morgan fingerprint density at radius 3 is 2.82 bits per heavy atom. The Balaban J connectivity index is 2.83. The number of hydrogen-bond donors (Lipinski definition) is 1. The standard InChI is InChI=1S/C8H10O2Si/c1-10-8-5-3-2-4-7(8)6-11-9/h2-5,9H,6H2,1H3. The molecule has 0 unspecified atom stereocenters. The first-order valence-corrected chi connectivity index (χ1v) is 4.52. The number of hydrogen-bond acceptors (Lipinski definition) is 2. The van der Waals surface area contributed by atoms with Crippen LogP contribution in [0.2, 0.25) is 0 Å². The highest BCUT2D eigenvalue weighted by Crippen LogP contribution is 2.16. The maximum absolute atomic E-state index is 8.71. The second kappa shape index (κ2) is 4.15. The second-order valence-corrected chi connectivity index (χ2v) is 2.82. The fourth-order valence-electron chi connectivity index (χ4n) is 0.934. The maximum Gasteiger partial charge on any atom is 0.229 e. The summed E-state index contributed by atoms with van der Waals surface area (Å²) in [5.74, 6) is 0.856. The van der Waals surface area contributed by atoms with Gasteiger partial charge in [-0.15, -0.1) is 0 Å². The predicted octanol–water partition coefficient (Wildman–Crippen LogP) is 0.807. The van der Waals surface area contributed by atoms with Crippen LogP contribution in [0.5, 0.6) is 5.75 Å². The summed E-state index contributed by atoms with van der Waals surface area (Å²) >= 11 is 0. The van der Waals surface area contributed by atoms with Crippen molar-refractivity contribution in [1.29, 1.82) is 0 Å². The van der Waals surface area contributed by atoms with Gasteiger partial charge in [0.1, 0.15) is 5.75 Å². The molecular formula is C8H10O2Si. The molecule has 1 rings (SSSR count). The Morgan fingerprint density at radius 2 is 2.18 bits per heavy atom. The van der Waals surface area contributed by atoms with E-state index in [4.69, 9.17) is 9.53 Å². The van der Waals surface area contributed by atoms with Crippen LogP contribution in [0, 0.1) is 0 Å². The molecule has 0 atom stereocenters. The first-order chi connectivity index (χ1) is 5.38. The number of rotatable bonds is 3. The molecule has 58 valence electrons. The van der Waals surface area contributed by atoms with Crippen molar-refractivity contribution < 1.29 is 9.53 Å². The molecule has 1 N–H and O–H groups in total. The van der Waals surface area contributed by atoms with Crippen LogP contribution in [0.25, 0.3) is 0 Å². The number of ether oxygens (including phenoxy) is 1. The van der Waals surface area contributed by atoms with E-state index < -0.39 is 0 Å². The van der Waals surface area contributed by atoms with Crippen LogP contribution in [0.3, 0.4) is 0 Å². The van der Waals surface area contributed by atoms with Crippen LogP contribution < -0.4 is 4.74 Å². The van der Waals surface area contributed by atoms with E-state index in [1.807, 2.05) is 24.3 Å². The fourth-order valence-corrected chi connectivity index (χ4v) is 1.40. The molecule has 0 saturated carbocycles. The minimum absolute atomic E-state index is 0.0454. The van der Waals surface area contributed by atoms with E-state index in [9.17, 15) is 0 Å². The summed E-state index contributed by atoms with van der Waals surface area (Å²) in [4.78, 5) is 8.71. The van der Waals surface area contributed by atoms with E-state index in [1.165, 1.54) is 0 Å². The molecule has 0 heterocycles. The van der Waals surface area contributed by atoms with Gasteiger partial charge < -0.3 is 9.53 Å². The average Bonchev–Trinajstić information content (AvgIpc) is 2.06. The minimum atomic E-state index is -0.0454. The van der Waals surface area contributed by atoms with Crippen LogP contribution >= 0.6 is 0 Å². The molecule has 2 radical (unpaired) electrons. The number of para-hydroxylation sites is 1. The highest BCUT2D eigenvalue weighted by Gasteiger charge is 1.99. The zero-order valence-corrected chi connectivity index (χ0v) is 7.37. The van der Waals surface area contributed by atoms with Crippen molar-refractivity contribution in [3.63, 3.8) is 0 Å². The summed E-state index contributed by atoms with van der Waals surface area (Å²) in [6.45, 7) is 0. The minimum Gasteiger partial charge on any atom is -0.496 e. The predicted molar refractivity (Wildman–Crippen MR) is 44.7 cm³/mol. The Bertz CT molecular complexity index is 225. The Hall–Kier alpha value is -0.803. The lowest BCUT2D eigenvalue weighted by molar-refractivity contribution is 0.410. The Labute approximate surface area is 68.8 Å². The van der Waals surface area contributed by atoms with Gasteiger partial charge in [-0.1, -0.05) is 18.2 Å². The second-order valence-electron chi connectivity index (χ2n) is 2.15. The molecule has 0 bridgehead atoms. The van der Waals surface area contributed by atoms with Crippen LogP contribution in [0.1, 0.15) is 5.56 Å². The molecule has 0 amide bonds. The first kappa shape index (κ1) is 8.29. The van der Waals surface area contributed by atoms with Crippen molar-refractivity contribution in [2.75, 3.05) is 7.11 Å². The Morgan fingerprint density at radius 1 is 1.45 bits per heavy atom. The van der Waals surface area contributed by atoms with Gasteiger partial charge in [0.15, 0.2) is 0 Å². The summed E-state index contributed by atoms with van der Waals surface area (Å²) in [6.07, 6.45) is 0. The summed E-state index contributed by atoms with van der Waals surface area (Å²) in [7, 11) is 1.59. The quantitative estimate of drug-likeness (QED) is 0.673. The molecule has 0 aliphatic heterocycles. The largest absolute Gasteiger partial charge is 0.496 e. The zero-order chi connectivity index (χ0) is 8.10. The van der Waals surface area contributed by atoms with Crippen molar-refractivity contribution in [3.8, 4) is 5.75 Å². The van der Waals surface area contributed by atoms with Crippen molar-refractivity contribution >= 4 is 9.76 Å². The van der Waals surface area contributed by atoms with Crippen LogP contribution in [0.4, 0.5) is 0 Å². The third-order valence-corrected chi connectivity index (χ3v) is 2.00.